The Labute approximate surface area is 200 Å². The number of amides is 2. The lowest BCUT2D eigenvalue weighted by atomic mass is 10.1. The van der Waals surface area contributed by atoms with Gasteiger partial charge in [-0.2, -0.15) is 0 Å². The molecule has 0 bridgehead atoms. The summed E-state index contributed by atoms with van der Waals surface area (Å²) in [5, 5.41) is 14.6. The van der Waals surface area contributed by atoms with Crippen molar-refractivity contribution in [1.82, 2.24) is 15.1 Å². The molecule has 2 aromatic carbocycles. The second-order valence-corrected chi connectivity index (χ2v) is 8.41. The van der Waals surface area contributed by atoms with Crippen LogP contribution < -0.4 is 10.2 Å². The first kappa shape index (κ1) is 25.2. The Balaban J connectivity index is 1.63. The molecule has 0 spiro atoms. The third-order valence-corrected chi connectivity index (χ3v) is 6.28. The fourth-order valence-electron chi connectivity index (χ4n) is 4.09. The average molecular weight is 468 g/mol. The van der Waals surface area contributed by atoms with Crippen LogP contribution in [0.2, 0.25) is 0 Å². The largest absolute Gasteiger partial charge is 0.362 e. The fourth-order valence-corrected chi connectivity index (χ4v) is 4.09. The van der Waals surface area contributed by atoms with Crippen LogP contribution in [-0.2, 0) is 17.9 Å². The van der Waals surface area contributed by atoms with E-state index in [9.17, 15) is 19.7 Å². The number of nitro benzene ring substituents is 1. The van der Waals surface area contributed by atoms with E-state index < -0.39 is 4.92 Å². The Morgan fingerprint density at radius 3 is 2.18 bits per heavy atom. The van der Waals surface area contributed by atoms with Gasteiger partial charge < -0.3 is 15.1 Å². The van der Waals surface area contributed by atoms with E-state index >= 15 is 0 Å². The predicted octanol–water partition coefficient (Wildman–Crippen LogP) is 3.04. The van der Waals surface area contributed by atoms with E-state index in [1.807, 2.05) is 17.0 Å². The lowest BCUT2D eigenvalue weighted by molar-refractivity contribution is -0.384. The molecule has 0 atom stereocenters. The van der Waals surface area contributed by atoms with Gasteiger partial charge in [-0.1, -0.05) is 38.1 Å². The van der Waals surface area contributed by atoms with Gasteiger partial charge in [-0.3, -0.25) is 24.6 Å². The quantitative estimate of drug-likeness (QED) is 0.450. The molecule has 0 radical (unpaired) electrons. The van der Waals surface area contributed by atoms with Gasteiger partial charge in [0.25, 0.3) is 11.6 Å². The number of anilines is 1. The van der Waals surface area contributed by atoms with Crippen molar-refractivity contribution in [1.29, 1.82) is 0 Å². The van der Waals surface area contributed by atoms with Crippen molar-refractivity contribution >= 4 is 23.2 Å². The molecular weight excluding hydrogens is 434 g/mol. The van der Waals surface area contributed by atoms with Crippen molar-refractivity contribution in [2.75, 3.05) is 44.2 Å². The number of nitrogens with zero attached hydrogens (tertiary/aromatic N) is 4. The minimum absolute atomic E-state index is 0.000278. The second kappa shape index (κ2) is 11.6. The summed E-state index contributed by atoms with van der Waals surface area (Å²) in [4.78, 5) is 41.4. The number of nitro groups is 1. The summed E-state index contributed by atoms with van der Waals surface area (Å²) in [6.45, 7) is 11.1. The number of carbonyl (C=O) groups excluding carboxylic acids is 2. The van der Waals surface area contributed by atoms with Crippen LogP contribution in [0.3, 0.4) is 0 Å². The van der Waals surface area contributed by atoms with Crippen LogP contribution in [-0.4, -0.2) is 65.8 Å². The summed E-state index contributed by atoms with van der Waals surface area (Å²) in [5.41, 5.74) is 2.79. The normalized spacial score (nSPS) is 13.8. The van der Waals surface area contributed by atoms with Crippen LogP contribution in [0, 0.1) is 10.1 Å². The van der Waals surface area contributed by atoms with Crippen LogP contribution in [0.25, 0.3) is 0 Å². The maximum Gasteiger partial charge on any atom is 0.293 e. The zero-order valence-electron chi connectivity index (χ0n) is 20.1. The third kappa shape index (κ3) is 6.32. The van der Waals surface area contributed by atoms with Crippen molar-refractivity contribution in [3.8, 4) is 0 Å². The maximum absolute atomic E-state index is 12.7. The number of rotatable bonds is 9. The summed E-state index contributed by atoms with van der Waals surface area (Å²) in [5.74, 6) is -0.358. The van der Waals surface area contributed by atoms with Crippen molar-refractivity contribution in [3.63, 3.8) is 0 Å². The Bertz CT molecular complexity index is 1010. The molecule has 1 heterocycles. The van der Waals surface area contributed by atoms with Crippen LogP contribution in [0.15, 0.2) is 42.5 Å². The molecule has 1 fully saturated rings. The van der Waals surface area contributed by atoms with Gasteiger partial charge in [0.05, 0.1) is 4.92 Å². The van der Waals surface area contributed by atoms with Crippen molar-refractivity contribution in [2.45, 2.75) is 33.9 Å². The molecule has 1 aliphatic heterocycles. The smallest absolute Gasteiger partial charge is 0.293 e. The van der Waals surface area contributed by atoms with E-state index in [4.69, 9.17) is 0 Å². The highest BCUT2D eigenvalue weighted by Crippen LogP contribution is 2.30. The molecule has 0 unspecified atom stereocenters. The van der Waals surface area contributed by atoms with Gasteiger partial charge in [0.1, 0.15) is 5.69 Å². The van der Waals surface area contributed by atoms with E-state index in [0.717, 1.165) is 25.2 Å². The summed E-state index contributed by atoms with van der Waals surface area (Å²) in [7, 11) is 0. The van der Waals surface area contributed by atoms with Crippen molar-refractivity contribution < 1.29 is 14.5 Å². The minimum atomic E-state index is -0.460. The van der Waals surface area contributed by atoms with Gasteiger partial charge in [-0.05, 0) is 36.3 Å². The van der Waals surface area contributed by atoms with Crippen LogP contribution in [0.1, 0.15) is 42.3 Å². The monoisotopic (exact) mass is 467 g/mol. The Morgan fingerprint density at radius 2 is 1.62 bits per heavy atom. The summed E-state index contributed by atoms with van der Waals surface area (Å²) in [6.07, 6.45) is 0. The predicted molar refractivity (Wildman–Crippen MR) is 132 cm³/mol. The molecule has 0 aromatic heterocycles. The zero-order chi connectivity index (χ0) is 24.7. The minimum Gasteiger partial charge on any atom is -0.362 e. The summed E-state index contributed by atoms with van der Waals surface area (Å²) >= 11 is 0. The SMILES string of the molecule is CCN(CC)Cc1ccc(CNC(=O)c2ccc(N3CCN(C(C)=O)CC3)c([N+](=O)[O-])c2)cc1. The maximum atomic E-state index is 12.7. The number of benzene rings is 2. The molecule has 34 heavy (non-hydrogen) atoms. The number of hydrogen-bond donors (Lipinski definition) is 1. The van der Waals surface area contributed by atoms with Gasteiger partial charge in [0, 0.05) is 57.8 Å². The number of carbonyl (C=O) groups is 2. The Hall–Kier alpha value is -3.46. The Morgan fingerprint density at radius 1 is 1.00 bits per heavy atom. The highest BCUT2D eigenvalue weighted by molar-refractivity contribution is 5.95. The molecule has 0 aliphatic carbocycles. The fraction of sp³-hybridized carbons (Fsp3) is 0.440. The van der Waals surface area contributed by atoms with Gasteiger partial charge in [-0.25, -0.2) is 0 Å². The molecule has 2 aromatic rings. The van der Waals surface area contributed by atoms with Crippen molar-refractivity contribution in [3.05, 3.63) is 69.3 Å². The molecule has 9 nitrogen and oxygen atoms in total. The lowest BCUT2D eigenvalue weighted by Crippen LogP contribution is -2.48. The van der Waals surface area contributed by atoms with Crippen LogP contribution in [0.5, 0.6) is 0 Å². The first-order chi connectivity index (χ1) is 16.3. The Kier molecular flexibility index (Phi) is 8.59. The first-order valence-corrected chi connectivity index (χ1v) is 11.7. The van der Waals surface area contributed by atoms with Gasteiger partial charge in [0.15, 0.2) is 0 Å². The number of hydrogen-bond acceptors (Lipinski definition) is 6. The molecule has 0 saturated carbocycles. The van der Waals surface area contributed by atoms with Crippen LogP contribution >= 0.6 is 0 Å². The standard InChI is InChI=1S/C25H33N5O4/c1-4-27(5-2)18-21-8-6-20(7-9-21)17-26-25(32)22-10-11-23(24(16-22)30(33)34)29-14-12-28(13-15-29)19(3)31/h6-11,16H,4-5,12-15,17-18H2,1-3H3,(H,26,32). The van der Waals surface area contributed by atoms with Gasteiger partial charge in [-0.15, -0.1) is 0 Å². The van der Waals surface area contributed by atoms with E-state index in [2.05, 4.69) is 36.2 Å². The first-order valence-electron chi connectivity index (χ1n) is 11.7. The lowest BCUT2D eigenvalue weighted by Gasteiger charge is -2.35. The highest BCUT2D eigenvalue weighted by Gasteiger charge is 2.25. The van der Waals surface area contributed by atoms with E-state index in [1.54, 1.807) is 17.0 Å². The van der Waals surface area contributed by atoms with Crippen molar-refractivity contribution in [2.24, 2.45) is 0 Å². The van der Waals surface area contributed by atoms with E-state index in [0.29, 0.717) is 38.4 Å². The molecule has 1 saturated heterocycles. The third-order valence-electron chi connectivity index (χ3n) is 6.28. The van der Waals surface area contributed by atoms with E-state index in [-0.39, 0.29) is 23.1 Å². The van der Waals surface area contributed by atoms with Crippen LogP contribution in [0.4, 0.5) is 11.4 Å². The zero-order valence-corrected chi connectivity index (χ0v) is 20.1. The van der Waals surface area contributed by atoms with E-state index in [1.165, 1.54) is 18.6 Å². The number of nitrogens with one attached hydrogen (secondary N) is 1. The summed E-state index contributed by atoms with van der Waals surface area (Å²) in [6, 6.07) is 12.7. The molecule has 182 valence electrons. The molecule has 9 heteroatoms. The molecule has 2 amide bonds. The summed E-state index contributed by atoms with van der Waals surface area (Å²) < 4.78 is 0. The molecule has 1 aliphatic rings. The average Bonchev–Trinajstić information content (AvgIpc) is 2.86. The number of piperazine rings is 1. The van der Waals surface area contributed by atoms with Gasteiger partial charge >= 0.3 is 0 Å². The molecular formula is C25H33N5O4. The molecule has 1 N–H and O–H groups in total. The van der Waals surface area contributed by atoms with Gasteiger partial charge in [0.2, 0.25) is 5.91 Å². The highest BCUT2D eigenvalue weighted by atomic mass is 16.6. The molecule has 3 rings (SSSR count). The topological polar surface area (TPSA) is 99.0 Å². The second-order valence-electron chi connectivity index (χ2n) is 8.41.